The Bertz CT molecular complexity index is 842. The van der Waals surface area contributed by atoms with Crippen LogP contribution < -0.4 is 27.2 Å². The number of nitrogens with one attached hydrogen (secondary N) is 4. The summed E-state index contributed by atoms with van der Waals surface area (Å²) in [4.78, 5) is 47.7. The van der Waals surface area contributed by atoms with Crippen molar-refractivity contribution in [2.75, 3.05) is 13.1 Å². The second-order valence-corrected chi connectivity index (χ2v) is 6.14. The summed E-state index contributed by atoms with van der Waals surface area (Å²) < 4.78 is 0. The summed E-state index contributed by atoms with van der Waals surface area (Å²) in [5.74, 6) is 3.14. The first kappa shape index (κ1) is 21.6. The molecule has 9 nitrogen and oxygen atoms in total. The number of hydrazine groups is 1. The van der Waals surface area contributed by atoms with E-state index >= 15 is 0 Å². The van der Waals surface area contributed by atoms with Gasteiger partial charge in [0.15, 0.2) is 0 Å². The molecule has 0 fully saturated rings. The molecule has 6 N–H and O–H groups in total. The lowest BCUT2D eigenvalue weighted by molar-refractivity contribution is -0.129. The fourth-order valence-electron chi connectivity index (χ4n) is 2.50. The molecule has 1 atom stereocenters. The maximum Gasteiger partial charge on any atom is 0.256 e. The van der Waals surface area contributed by atoms with Gasteiger partial charge < -0.3 is 16.0 Å². The molecule has 0 bridgehead atoms. The van der Waals surface area contributed by atoms with Crippen molar-refractivity contribution in [3.63, 3.8) is 0 Å². The molecule has 0 aliphatic carbocycles. The van der Waals surface area contributed by atoms with Crippen LogP contribution in [0.3, 0.4) is 0 Å². The molecule has 0 aromatic heterocycles. The van der Waals surface area contributed by atoms with Crippen LogP contribution in [0.25, 0.3) is 0 Å². The van der Waals surface area contributed by atoms with Crippen molar-refractivity contribution in [1.82, 2.24) is 21.4 Å². The van der Waals surface area contributed by atoms with E-state index in [4.69, 9.17) is 5.84 Å². The number of hydrogen-bond donors (Lipinski definition) is 5. The van der Waals surface area contributed by atoms with Gasteiger partial charge in [0.1, 0.15) is 6.04 Å². The van der Waals surface area contributed by atoms with Crippen LogP contribution in [0.5, 0.6) is 0 Å². The molecule has 0 heterocycles. The minimum Gasteiger partial charge on any atom is -0.346 e. The minimum absolute atomic E-state index is 0.247. The summed E-state index contributed by atoms with van der Waals surface area (Å²) in [7, 11) is 0. The standard InChI is InChI=1S/C20H23N5O4/c21-25-20(29)16(11-14-7-3-1-4-8-14)24-18(27)13-22-17(26)12-23-19(28)15-9-5-2-6-10-15/h1-10,16H,11-13,21H2,(H,22,26)(H,23,28)(H,24,27)(H,25,29). The molecule has 1 unspecified atom stereocenters. The fourth-order valence-corrected chi connectivity index (χ4v) is 2.50. The molecule has 2 rings (SSSR count). The lowest BCUT2D eigenvalue weighted by Gasteiger charge is -2.17. The van der Waals surface area contributed by atoms with Gasteiger partial charge in [-0.25, -0.2) is 5.84 Å². The van der Waals surface area contributed by atoms with Crippen LogP contribution in [0.2, 0.25) is 0 Å². The molecule has 0 radical (unpaired) electrons. The van der Waals surface area contributed by atoms with Gasteiger partial charge in [0, 0.05) is 12.0 Å². The van der Waals surface area contributed by atoms with Gasteiger partial charge >= 0.3 is 0 Å². The van der Waals surface area contributed by atoms with E-state index in [9.17, 15) is 19.2 Å². The Kier molecular flexibility index (Phi) is 8.33. The first-order valence-corrected chi connectivity index (χ1v) is 8.93. The zero-order valence-electron chi connectivity index (χ0n) is 15.7. The molecule has 4 amide bonds. The highest BCUT2D eigenvalue weighted by atomic mass is 16.2. The van der Waals surface area contributed by atoms with E-state index in [-0.39, 0.29) is 19.5 Å². The third-order valence-electron chi connectivity index (χ3n) is 3.97. The summed E-state index contributed by atoms with van der Waals surface area (Å²) in [6, 6.07) is 16.7. The van der Waals surface area contributed by atoms with Crippen molar-refractivity contribution in [1.29, 1.82) is 0 Å². The van der Waals surface area contributed by atoms with Gasteiger partial charge in [-0.05, 0) is 17.7 Å². The van der Waals surface area contributed by atoms with Crippen LogP contribution in [-0.4, -0.2) is 42.8 Å². The summed E-state index contributed by atoms with van der Waals surface area (Å²) in [5.41, 5.74) is 3.28. The molecule has 0 saturated heterocycles. The van der Waals surface area contributed by atoms with Crippen molar-refractivity contribution >= 4 is 23.6 Å². The molecule has 0 aliphatic rings. The van der Waals surface area contributed by atoms with E-state index in [0.717, 1.165) is 5.56 Å². The lowest BCUT2D eigenvalue weighted by atomic mass is 10.1. The topological polar surface area (TPSA) is 142 Å². The van der Waals surface area contributed by atoms with Gasteiger partial charge in [-0.15, -0.1) is 0 Å². The van der Waals surface area contributed by atoms with Crippen molar-refractivity contribution in [2.45, 2.75) is 12.5 Å². The molecule has 2 aromatic rings. The van der Waals surface area contributed by atoms with Crippen molar-refractivity contribution < 1.29 is 19.2 Å². The van der Waals surface area contributed by atoms with Crippen LogP contribution in [0.4, 0.5) is 0 Å². The SMILES string of the molecule is NNC(=O)C(Cc1ccccc1)NC(=O)CNC(=O)CNC(=O)c1ccccc1. The summed E-state index contributed by atoms with van der Waals surface area (Å²) >= 11 is 0. The normalized spacial score (nSPS) is 11.1. The third-order valence-corrected chi connectivity index (χ3v) is 3.97. The van der Waals surface area contributed by atoms with Crippen molar-refractivity contribution in [2.24, 2.45) is 5.84 Å². The van der Waals surface area contributed by atoms with Crippen molar-refractivity contribution in [3.8, 4) is 0 Å². The average molecular weight is 397 g/mol. The summed E-state index contributed by atoms with van der Waals surface area (Å²) in [6.07, 6.45) is 0.247. The smallest absolute Gasteiger partial charge is 0.256 e. The zero-order valence-corrected chi connectivity index (χ0v) is 15.7. The maximum absolute atomic E-state index is 12.1. The molecule has 152 valence electrons. The van der Waals surface area contributed by atoms with Crippen LogP contribution >= 0.6 is 0 Å². The molecular weight excluding hydrogens is 374 g/mol. The van der Waals surface area contributed by atoms with E-state index in [1.807, 2.05) is 35.8 Å². The third kappa shape index (κ3) is 7.43. The fraction of sp³-hybridized carbons (Fsp3) is 0.200. The first-order chi connectivity index (χ1) is 14.0. The van der Waals surface area contributed by atoms with Gasteiger partial charge in [-0.2, -0.15) is 0 Å². The molecule has 0 spiro atoms. The molecule has 29 heavy (non-hydrogen) atoms. The molecule has 0 aliphatic heterocycles. The van der Waals surface area contributed by atoms with E-state index in [1.165, 1.54) is 0 Å². The highest BCUT2D eigenvalue weighted by Crippen LogP contribution is 2.03. The van der Waals surface area contributed by atoms with Crippen molar-refractivity contribution in [3.05, 3.63) is 71.8 Å². The van der Waals surface area contributed by atoms with Gasteiger partial charge in [0.2, 0.25) is 11.8 Å². The second kappa shape index (κ2) is 11.2. The predicted octanol–water partition coefficient (Wildman–Crippen LogP) is -0.750. The number of rotatable bonds is 9. The molecule has 9 heteroatoms. The molecular formula is C20H23N5O4. The molecule has 0 saturated carbocycles. The Morgan fingerprint density at radius 2 is 1.38 bits per heavy atom. The van der Waals surface area contributed by atoms with Gasteiger partial charge in [-0.3, -0.25) is 24.6 Å². The maximum atomic E-state index is 12.1. The Labute approximate surface area is 168 Å². The van der Waals surface area contributed by atoms with Crippen LogP contribution in [0, 0.1) is 0 Å². The Morgan fingerprint density at radius 3 is 2.00 bits per heavy atom. The largest absolute Gasteiger partial charge is 0.346 e. The van der Waals surface area contributed by atoms with Crippen LogP contribution in [0.1, 0.15) is 15.9 Å². The summed E-state index contributed by atoms with van der Waals surface area (Å²) in [5, 5.41) is 7.38. The van der Waals surface area contributed by atoms with E-state index in [2.05, 4.69) is 16.0 Å². The predicted molar refractivity (Wildman–Crippen MR) is 106 cm³/mol. The highest BCUT2D eigenvalue weighted by molar-refractivity contribution is 5.97. The number of benzene rings is 2. The highest BCUT2D eigenvalue weighted by Gasteiger charge is 2.20. The Morgan fingerprint density at radius 1 is 0.793 bits per heavy atom. The Balaban J connectivity index is 1.78. The van der Waals surface area contributed by atoms with Gasteiger partial charge in [0.25, 0.3) is 11.8 Å². The Hall–Kier alpha value is -3.72. The average Bonchev–Trinajstić information content (AvgIpc) is 2.76. The van der Waals surface area contributed by atoms with Gasteiger partial charge in [-0.1, -0.05) is 48.5 Å². The number of carbonyl (C=O) groups is 4. The monoisotopic (exact) mass is 397 g/mol. The van der Waals surface area contributed by atoms with Gasteiger partial charge in [0.05, 0.1) is 13.1 Å². The zero-order chi connectivity index (χ0) is 21.1. The van der Waals surface area contributed by atoms with E-state index in [1.54, 1.807) is 30.3 Å². The van der Waals surface area contributed by atoms with Crippen LogP contribution in [-0.2, 0) is 20.8 Å². The van der Waals surface area contributed by atoms with Crippen LogP contribution in [0.15, 0.2) is 60.7 Å². The lowest BCUT2D eigenvalue weighted by Crippen LogP contribution is -2.52. The number of hydrogen-bond acceptors (Lipinski definition) is 5. The quantitative estimate of drug-likeness (QED) is 0.215. The number of nitrogens with two attached hydrogens (primary N) is 1. The summed E-state index contributed by atoms with van der Waals surface area (Å²) in [6.45, 7) is -0.624. The van der Waals surface area contributed by atoms with E-state index in [0.29, 0.717) is 5.56 Å². The number of carbonyl (C=O) groups excluding carboxylic acids is 4. The number of amides is 4. The first-order valence-electron chi connectivity index (χ1n) is 8.93. The van der Waals surface area contributed by atoms with E-state index < -0.39 is 29.7 Å². The second-order valence-electron chi connectivity index (χ2n) is 6.14. The minimum atomic E-state index is -0.885. The molecule has 2 aromatic carbocycles.